The molecule has 32 heavy (non-hydrogen) atoms. The van der Waals surface area contributed by atoms with Crippen molar-refractivity contribution < 1.29 is 34.2 Å². The van der Waals surface area contributed by atoms with Crippen molar-refractivity contribution in [3.8, 4) is 0 Å². The highest BCUT2D eigenvalue weighted by Gasteiger charge is 2.32. The van der Waals surface area contributed by atoms with Gasteiger partial charge in [0.2, 0.25) is 17.7 Å². The summed E-state index contributed by atoms with van der Waals surface area (Å²) in [5, 5.41) is 25.4. The van der Waals surface area contributed by atoms with Crippen molar-refractivity contribution in [2.45, 2.75) is 71.1 Å². The van der Waals surface area contributed by atoms with Gasteiger partial charge in [-0.3, -0.25) is 19.2 Å². The van der Waals surface area contributed by atoms with Gasteiger partial charge in [0, 0.05) is 0 Å². The third-order valence-corrected chi connectivity index (χ3v) is 5.69. The van der Waals surface area contributed by atoms with Crippen molar-refractivity contribution in [3.63, 3.8) is 0 Å². The minimum atomic E-state index is -1.64. The summed E-state index contributed by atoms with van der Waals surface area (Å²) in [4.78, 5) is 60.1. The molecule has 0 bridgehead atoms. The molecular weight excluding hydrogens is 440 g/mol. The highest BCUT2D eigenvalue weighted by molar-refractivity contribution is 7.98. The van der Waals surface area contributed by atoms with Gasteiger partial charge in [-0.25, -0.2) is 4.79 Å². The van der Waals surface area contributed by atoms with E-state index in [1.807, 2.05) is 13.8 Å². The van der Waals surface area contributed by atoms with Crippen LogP contribution in [0.15, 0.2) is 0 Å². The number of amides is 3. The number of hydrogen-bond acceptors (Lipinski definition) is 7. The number of aliphatic carboxylic acids is 2. The van der Waals surface area contributed by atoms with E-state index in [2.05, 4.69) is 16.0 Å². The van der Waals surface area contributed by atoms with E-state index in [4.69, 9.17) is 15.9 Å². The highest BCUT2D eigenvalue weighted by atomic mass is 32.2. The standard InChI is InChI=1S/C20H36N4O7S/c1-6-11(4)15(21)18(28)24-16(10(2)3)19(29)22-12(7-8-32-5)17(27)23-13(20(30)31)9-14(25)26/h10-13,15-16H,6-9,21H2,1-5H3,(H,22,29)(H,23,27)(H,24,28)(H,25,26)(H,30,31). The fourth-order valence-corrected chi connectivity index (χ4v) is 3.18. The zero-order chi connectivity index (χ0) is 25.0. The van der Waals surface area contributed by atoms with Crippen molar-refractivity contribution in [2.24, 2.45) is 17.6 Å². The zero-order valence-corrected chi connectivity index (χ0v) is 20.0. The lowest BCUT2D eigenvalue weighted by molar-refractivity contribution is -0.147. The minimum Gasteiger partial charge on any atom is -0.481 e. The zero-order valence-electron chi connectivity index (χ0n) is 19.2. The first-order valence-corrected chi connectivity index (χ1v) is 11.8. The molecule has 0 saturated carbocycles. The lowest BCUT2D eigenvalue weighted by Gasteiger charge is -2.27. The van der Waals surface area contributed by atoms with Crippen LogP contribution in [0.1, 0.15) is 47.0 Å². The molecule has 0 spiro atoms. The van der Waals surface area contributed by atoms with Gasteiger partial charge < -0.3 is 31.9 Å². The van der Waals surface area contributed by atoms with Crippen molar-refractivity contribution in [3.05, 3.63) is 0 Å². The van der Waals surface area contributed by atoms with E-state index in [1.165, 1.54) is 11.8 Å². The van der Waals surface area contributed by atoms with Crippen molar-refractivity contribution >= 4 is 41.4 Å². The molecule has 0 fully saturated rings. The summed E-state index contributed by atoms with van der Waals surface area (Å²) in [6.45, 7) is 7.18. The molecule has 11 nitrogen and oxygen atoms in total. The molecule has 0 aromatic carbocycles. The third-order valence-electron chi connectivity index (χ3n) is 5.04. The summed E-state index contributed by atoms with van der Waals surface area (Å²) in [5.41, 5.74) is 5.94. The van der Waals surface area contributed by atoms with Crippen LogP contribution in [0.25, 0.3) is 0 Å². The van der Waals surface area contributed by atoms with Crippen LogP contribution in [0.2, 0.25) is 0 Å². The van der Waals surface area contributed by atoms with Gasteiger partial charge in [0.15, 0.2) is 0 Å². The molecule has 0 heterocycles. The number of carboxylic acids is 2. The van der Waals surface area contributed by atoms with Crippen molar-refractivity contribution in [1.29, 1.82) is 0 Å². The predicted molar refractivity (Wildman–Crippen MR) is 121 cm³/mol. The molecule has 0 aromatic rings. The van der Waals surface area contributed by atoms with E-state index in [0.29, 0.717) is 12.2 Å². The molecule has 5 atom stereocenters. The Morgan fingerprint density at radius 1 is 0.906 bits per heavy atom. The second-order valence-corrected chi connectivity index (χ2v) is 8.97. The number of nitrogens with two attached hydrogens (primary N) is 1. The maximum absolute atomic E-state index is 12.9. The Morgan fingerprint density at radius 2 is 1.47 bits per heavy atom. The summed E-state index contributed by atoms with van der Waals surface area (Å²) in [5.74, 6) is -4.72. The second kappa shape index (κ2) is 14.7. The van der Waals surface area contributed by atoms with Crippen LogP contribution in [0.4, 0.5) is 0 Å². The molecule has 184 valence electrons. The Hall–Kier alpha value is -2.34. The van der Waals surface area contributed by atoms with E-state index in [9.17, 15) is 24.0 Å². The normalized spacial score (nSPS) is 15.7. The number of carbonyl (C=O) groups is 5. The molecule has 12 heteroatoms. The molecule has 0 aliphatic heterocycles. The van der Waals surface area contributed by atoms with Gasteiger partial charge in [-0.1, -0.05) is 34.1 Å². The van der Waals surface area contributed by atoms with E-state index in [1.54, 1.807) is 20.1 Å². The third kappa shape index (κ3) is 10.3. The lowest BCUT2D eigenvalue weighted by Crippen LogP contribution is -2.59. The Bertz CT molecular complexity index is 674. The molecule has 0 aromatic heterocycles. The maximum Gasteiger partial charge on any atom is 0.326 e. The molecule has 3 amide bonds. The Labute approximate surface area is 192 Å². The maximum atomic E-state index is 12.9. The first-order chi connectivity index (χ1) is 14.8. The molecular formula is C20H36N4O7S. The van der Waals surface area contributed by atoms with Gasteiger partial charge in [0.25, 0.3) is 0 Å². The van der Waals surface area contributed by atoms with Crippen molar-refractivity contribution in [1.82, 2.24) is 16.0 Å². The first-order valence-electron chi connectivity index (χ1n) is 10.5. The smallest absolute Gasteiger partial charge is 0.326 e. The van der Waals surface area contributed by atoms with Crippen LogP contribution in [-0.4, -0.2) is 76.0 Å². The van der Waals surface area contributed by atoms with Gasteiger partial charge in [-0.2, -0.15) is 11.8 Å². The van der Waals surface area contributed by atoms with Crippen LogP contribution in [0.3, 0.4) is 0 Å². The summed E-state index contributed by atoms with van der Waals surface area (Å²) in [6.07, 6.45) is 1.87. The van der Waals surface area contributed by atoms with Gasteiger partial charge in [-0.15, -0.1) is 0 Å². The quantitative estimate of drug-likeness (QED) is 0.186. The Morgan fingerprint density at radius 3 is 1.91 bits per heavy atom. The van der Waals surface area contributed by atoms with Crippen LogP contribution in [0.5, 0.6) is 0 Å². The lowest BCUT2D eigenvalue weighted by atomic mass is 9.97. The summed E-state index contributed by atoms with van der Waals surface area (Å²) >= 11 is 1.42. The van der Waals surface area contributed by atoms with E-state index in [0.717, 1.165) is 0 Å². The summed E-state index contributed by atoms with van der Waals surface area (Å²) < 4.78 is 0. The fraction of sp³-hybridized carbons (Fsp3) is 0.750. The number of rotatable bonds is 15. The molecule has 0 rings (SSSR count). The van der Waals surface area contributed by atoms with Gasteiger partial charge in [-0.05, 0) is 30.3 Å². The predicted octanol–water partition coefficient (Wildman–Crippen LogP) is -0.217. The van der Waals surface area contributed by atoms with E-state index < -0.39 is 60.2 Å². The van der Waals surface area contributed by atoms with E-state index >= 15 is 0 Å². The SMILES string of the molecule is CCC(C)C(N)C(=O)NC(C(=O)NC(CCSC)C(=O)NC(CC(=O)O)C(=O)O)C(C)C. The molecule has 0 aliphatic carbocycles. The molecule has 0 radical (unpaired) electrons. The van der Waals surface area contributed by atoms with Crippen LogP contribution in [-0.2, 0) is 24.0 Å². The van der Waals surface area contributed by atoms with Crippen molar-refractivity contribution in [2.75, 3.05) is 12.0 Å². The number of carboxylic acid groups (broad SMARTS) is 2. The molecule has 0 saturated heterocycles. The Kier molecular flexibility index (Phi) is 13.6. The van der Waals surface area contributed by atoms with Gasteiger partial charge in [0.05, 0.1) is 12.5 Å². The van der Waals surface area contributed by atoms with Gasteiger partial charge >= 0.3 is 11.9 Å². The number of thioether (sulfide) groups is 1. The van der Waals surface area contributed by atoms with Crippen LogP contribution >= 0.6 is 11.8 Å². The number of nitrogens with one attached hydrogen (secondary N) is 3. The monoisotopic (exact) mass is 476 g/mol. The fourth-order valence-electron chi connectivity index (χ4n) is 2.71. The molecule has 5 unspecified atom stereocenters. The summed E-state index contributed by atoms with van der Waals surface area (Å²) in [7, 11) is 0. The Balaban J connectivity index is 5.44. The second-order valence-electron chi connectivity index (χ2n) is 7.98. The van der Waals surface area contributed by atoms with Crippen LogP contribution < -0.4 is 21.7 Å². The highest BCUT2D eigenvalue weighted by Crippen LogP contribution is 2.09. The van der Waals surface area contributed by atoms with Gasteiger partial charge in [0.1, 0.15) is 18.1 Å². The minimum absolute atomic E-state index is 0.0897. The topological polar surface area (TPSA) is 188 Å². The number of hydrogen-bond donors (Lipinski definition) is 6. The molecule has 0 aliphatic rings. The first kappa shape index (κ1) is 29.7. The molecule has 7 N–H and O–H groups in total. The van der Waals surface area contributed by atoms with E-state index in [-0.39, 0.29) is 18.3 Å². The van der Waals surface area contributed by atoms with Crippen LogP contribution in [0, 0.1) is 11.8 Å². The number of carbonyl (C=O) groups excluding carboxylic acids is 3. The average molecular weight is 477 g/mol. The average Bonchev–Trinajstić information content (AvgIpc) is 2.71. The summed E-state index contributed by atoms with van der Waals surface area (Å²) in [6, 6.07) is -4.50. The largest absolute Gasteiger partial charge is 0.481 e.